The first-order chi connectivity index (χ1) is 8.65. The maximum atomic E-state index is 11.8. The van der Waals surface area contributed by atoms with Crippen molar-refractivity contribution < 1.29 is 4.79 Å². The topological polar surface area (TPSA) is 96.7 Å². The van der Waals surface area contributed by atoms with Gasteiger partial charge < -0.3 is 11.1 Å². The monoisotopic (exact) mass is 265 g/mol. The van der Waals surface area contributed by atoms with E-state index in [9.17, 15) is 4.79 Å². The zero-order chi connectivity index (χ0) is 13.0. The average Bonchev–Trinajstić information content (AvgIpc) is 2.80. The van der Waals surface area contributed by atoms with Gasteiger partial charge in [-0.3, -0.25) is 9.89 Å². The Hall–Kier alpha value is -2.08. The van der Waals surface area contributed by atoms with Crippen molar-refractivity contribution in [2.45, 2.75) is 6.42 Å². The highest BCUT2D eigenvalue weighted by atomic mass is 35.5. The molecule has 0 bridgehead atoms. The van der Waals surface area contributed by atoms with Crippen LogP contribution in [-0.4, -0.2) is 27.6 Å². The molecule has 0 radical (unpaired) electrons. The number of hydrogen-bond acceptors (Lipinski definition) is 4. The van der Waals surface area contributed by atoms with Crippen molar-refractivity contribution in [3.8, 4) is 0 Å². The Morgan fingerprint density at radius 1 is 1.44 bits per heavy atom. The van der Waals surface area contributed by atoms with Crippen molar-refractivity contribution in [2.24, 2.45) is 0 Å². The molecule has 94 valence electrons. The first-order valence-corrected chi connectivity index (χ1v) is 5.71. The summed E-state index contributed by atoms with van der Waals surface area (Å²) in [6.45, 7) is 0.459. The van der Waals surface area contributed by atoms with E-state index >= 15 is 0 Å². The highest BCUT2D eigenvalue weighted by Gasteiger charge is 2.07. The number of nitrogens with one attached hydrogen (secondary N) is 2. The Kier molecular flexibility index (Phi) is 3.78. The summed E-state index contributed by atoms with van der Waals surface area (Å²) in [6, 6.07) is 4.74. The van der Waals surface area contributed by atoms with Crippen LogP contribution in [0.2, 0.25) is 5.02 Å². The summed E-state index contributed by atoms with van der Waals surface area (Å²) >= 11 is 5.83. The summed E-state index contributed by atoms with van der Waals surface area (Å²) in [5, 5.41) is 9.62. The van der Waals surface area contributed by atoms with E-state index in [2.05, 4.69) is 20.5 Å². The van der Waals surface area contributed by atoms with Gasteiger partial charge in [-0.25, -0.2) is 4.98 Å². The molecular formula is C11H12ClN5O. The van der Waals surface area contributed by atoms with Gasteiger partial charge in [0, 0.05) is 29.2 Å². The molecule has 0 fully saturated rings. The van der Waals surface area contributed by atoms with E-state index in [1.54, 1.807) is 18.2 Å². The van der Waals surface area contributed by atoms with Gasteiger partial charge in [-0.1, -0.05) is 11.6 Å². The molecule has 4 N–H and O–H groups in total. The van der Waals surface area contributed by atoms with Crippen molar-refractivity contribution >= 4 is 23.2 Å². The Bertz CT molecular complexity index is 520. The first kappa shape index (κ1) is 12.4. The molecular weight excluding hydrogens is 254 g/mol. The van der Waals surface area contributed by atoms with Gasteiger partial charge >= 0.3 is 0 Å². The van der Waals surface area contributed by atoms with Gasteiger partial charge in [0.15, 0.2) is 0 Å². The van der Waals surface area contributed by atoms with E-state index in [1.165, 1.54) is 6.33 Å². The molecule has 0 unspecified atom stereocenters. The van der Waals surface area contributed by atoms with Gasteiger partial charge in [0.05, 0.1) is 0 Å². The molecule has 0 aliphatic carbocycles. The second-order valence-electron chi connectivity index (χ2n) is 3.71. The summed E-state index contributed by atoms with van der Waals surface area (Å²) in [5.41, 5.74) is 6.52. The lowest BCUT2D eigenvalue weighted by Crippen LogP contribution is -2.26. The quantitative estimate of drug-likeness (QED) is 0.719. The summed E-state index contributed by atoms with van der Waals surface area (Å²) < 4.78 is 0. The molecule has 1 amide bonds. The largest absolute Gasteiger partial charge is 0.399 e. The van der Waals surface area contributed by atoms with Crippen molar-refractivity contribution in [1.82, 2.24) is 20.5 Å². The number of H-pyrrole nitrogens is 1. The molecule has 0 saturated heterocycles. The van der Waals surface area contributed by atoms with E-state index in [4.69, 9.17) is 17.3 Å². The fourth-order valence-electron chi connectivity index (χ4n) is 1.49. The number of carbonyl (C=O) groups is 1. The number of amides is 1. The molecule has 2 aromatic rings. The molecule has 7 heteroatoms. The van der Waals surface area contributed by atoms with Crippen LogP contribution in [-0.2, 0) is 6.42 Å². The SMILES string of the molecule is Nc1cc(Cl)cc(C(=O)NCCc2ncn[nH]2)c1. The Labute approximate surface area is 109 Å². The zero-order valence-corrected chi connectivity index (χ0v) is 10.2. The van der Waals surface area contributed by atoms with E-state index in [1.807, 2.05) is 0 Å². The van der Waals surface area contributed by atoms with Crippen LogP contribution in [0.5, 0.6) is 0 Å². The van der Waals surface area contributed by atoms with Gasteiger partial charge in [0.1, 0.15) is 12.2 Å². The number of nitrogens with zero attached hydrogens (tertiary/aromatic N) is 2. The highest BCUT2D eigenvalue weighted by Crippen LogP contribution is 2.16. The minimum absolute atomic E-state index is 0.219. The molecule has 0 saturated carbocycles. The lowest BCUT2D eigenvalue weighted by molar-refractivity contribution is 0.0954. The van der Waals surface area contributed by atoms with E-state index in [-0.39, 0.29) is 5.91 Å². The van der Waals surface area contributed by atoms with Gasteiger partial charge in [0.2, 0.25) is 0 Å². The number of benzene rings is 1. The normalized spacial score (nSPS) is 10.3. The van der Waals surface area contributed by atoms with Crippen molar-refractivity contribution in [2.75, 3.05) is 12.3 Å². The molecule has 1 aromatic carbocycles. The Morgan fingerprint density at radius 3 is 2.94 bits per heavy atom. The summed E-state index contributed by atoms with van der Waals surface area (Å²) in [7, 11) is 0. The number of carbonyl (C=O) groups excluding carboxylic acids is 1. The fourth-order valence-corrected chi connectivity index (χ4v) is 1.73. The van der Waals surface area contributed by atoms with Crippen molar-refractivity contribution in [1.29, 1.82) is 0 Å². The smallest absolute Gasteiger partial charge is 0.251 e. The first-order valence-electron chi connectivity index (χ1n) is 5.33. The standard InChI is InChI=1S/C11H12ClN5O/c12-8-3-7(4-9(13)5-8)11(18)14-2-1-10-15-6-16-17-10/h3-6H,1-2,13H2,(H,14,18)(H,15,16,17). The number of hydrogen-bond donors (Lipinski definition) is 3. The molecule has 6 nitrogen and oxygen atoms in total. The van der Waals surface area contributed by atoms with Crippen molar-refractivity contribution in [3.63, 3.8) is 0 Å². The van der Waals surface area contributed by atoms with Crippen LogP contribution in [0.3, 0.4) is 0 Å². The number of nitrogen functional groups attached to an aromatic ring is 1. The van der Waals surface area contributed by atoms with Crippen LogP contribution >= 0.6 is 11.6 Å². The second kappa shape index (κ2) is 5.50. The minimum atomic E-state index is -0.219. The second-order valence-corrected chi connectivity index (χ2v) is 4.15. The summed E-state index contributed by atoms with van der Waals surface area (Å²) in [4.78, 5) is 15.8. The lowest BCUT2D eigenvalue weighted by Gasteiger charge is -2.05. The molecule has 0 atom stereocenters. The molecule has 18 heavy (non-hydrogen) atoms. The highest BCUT2D eigenvalue weighted by molar-refractivity contribution is 6.31. The van der Waals surface area contributed by atoms with Gasteiger partial charge in [0.25, 0.3) is 5.91 Å². The molecule has 2 rings (SSSR count). The van der Waals surface area contributed by atoms with Crippen LogP contribution in [0.15, 0.2) is 24.5 Å². The number of aromatic amines is 1. The minimum Gasteiger partial charge on any atom is -0.399 e. The van der Waals surface area contributed by atoms with E-state index in [0.717, 1.165) is 5.82 Å². The molecule has 1 heterocycles. The van der Waals surface area contributed by atoms with Crippen LogP contribution in [0.1, 0.15) is 16.2 Å². The molecule has 0 aliphatic rings. The lowest BCUT2D eigenvalue weighted by atomic mass is 10.2. The van der Waals surface area contributed by atoms with Gasteiger partial charge in [-0.2, -0.15) is 5.10 Å². The number of anilines is 1. The molecule has 0 spiro atoms. The summed E-state index contributed by atoms with van der Waals surface area (Å²) in [6.07, 6.45) is 2.01. The van der Waals surface area contributed by atoms with Crippen LogP contribution in [0, 0.1) is 0 Å². The zero-order valence-electron chi connectivity index (χ0n) is 9.48. The maximum Gasteiger partial charge on any atom is 0.251 e. The summed E-state index contributed by atoms with van der Waals surface area (Å²) in [5.74, 6) is 0.504. The molecule has 0 aliphatic heterocycles. The third-order valence-electron chi connectivity index (χ3n) is 2.29. The fraction of sp³-hybridized carbons (Fsp3) is 0.182. The van der Waals surface area contributed by atoms with Crippen molar-refractivity contribution in [3.05, 3.63) is 40.9 Å². The number of nitrogens with two attached hydrogens (primary N) is 1. The number of halogens is 1. The Morgan fingerprint density at radius 2 is 2.28 bits per heavy atom. The Balaban J connectivity index is 1.91. The van der Waals surface area contributed by atoms with Crippen LogP contribution < -0.4 is 11.1 Å². The predicted molar refractivity (Wildman–Crippen MR) is 68.3 cm³/mol. The van der Waals surface area contributed by atoms with Gasteiger partial charge in [-0.05, 0) is 18.2 Å². The van der Waals surface area contributed by atoms with Crippen LogP contribution in [0.4, 0.5) is 5.69 Å². The van der Waals surface area contributed by atoms with E-state index < -0.39 is 0 Å². The van der Waals surface area contributed by atoms with Gasteiger partial charge in [-0.15, -0.1) is 0 Å². The third kappa shape index (κ3) is 3.21. The van der Waals surface area contributed by atoms with E-state index in [0.29, 0.717) is 29.2 Å². The van der Waals surface area contributed by atoms with Crippen LogP contribution in [0.25, 0.3) is 0 Å². The predicted octanol–water partition coefficient (Wildman–Crippen LogP) is 1.01. The number of aromatic nitrogens is 3. The number of rotatable bonds is 4. The maximum absolute atomic E-state index is 11.8. The third-order valence-corrected chi connectivity index (χ3v) is 2.51. The molecule has 1 aromatic heterocycles. The average molecular weight is 266 g/mol.